The predicted molar refractivity (Wildman–Crippen MR) is 70.5 cm³/mol. The van der Waals surface area contributed by atoms with Crippen LogP contribution in [0.4, 0.5) is 0 Å². The number of piperidine rings is 1. The van der Waals surface area contributed by atoms with Gasteiger partial charge in [-0.15, -0.1) is 11.3 Å². The van der Waals surface area contributed by atoms with E-state index in [0.29, 0.717) is 10.8 Å². The number of likely N-dealkylation sites (N-methyl/N-ethyl adjacent to an activating group) is 1. The van der Waals surface area contributed by atoms with Gasteiger partial charge < -0.3 is 9.64 Å². The van der Waals surface area contributed by atoms with Crippen LogP contribution < -0.4 is 0 Å². The number of hydrogen-bond acceptors (Lipinski definition) is 5. The molecule has 0 bridgehead atoms. The van der Waals surface area contributed by atoms with Crippen LogP contribution in [-0.4, -0.2) is 37.4 Å². The van der Waals surface area contributed by atoms with E-state index in [-0.39, 0.29) is 17.2 Å². The van der Waals surface area contributed by atoms with Gasteiger partial charge in [-0.05, 0) is 24.0 Å². The van der Waals surface area contributed by atoms with Gasteiger partial charge in [-0.1, -0.05) is 0 Å². The molecule has 2 heterocycles. The zero-order valence-electron chi connectivity index (χ0n) is 10.7. The Bertz CT molecular complexity index is 660. The zero-order chi connectivity index (χ0) is 13.4. The number of methoxy groups -OCH3 is 1. The Morgan fingerprint density at radius 2 is 2.37 bits per heavy atom. The van der Waals surface area contributed by atoms with E-state index in [1.165, 1.54) is 18.4 Å². The number of hydrogen-bond donors (Lipinski definition) is 0. The lowest BCUT2D eigenvalue weighted by molar-refractivity contribution is 0.0606. The largest absolute Gasteiger partial charge is 0.465 e. The summed E-state index contributed by atoms with van der Waals surface area (Å²) in [7, 11) is 3.40. The monoisotopic (exact) mass is 275 g/mol. The second-order valence-corrected chi connectivity index (χ2v) is 6.54. The summed E-state index contributed by atoms with van der Waals surface area (Å²) >= 11 is 1.26. The molecule has 1 spiro atoms. The number of carbonyl (C=O) groups excluding carboxylic acids is 2. The molecule has 0 radical (unpaired) electrons. The van der Waals surface area contributed by atoms with Gasteiger partial charge in [-0.2, -0.15) is 0 Å². The highest BCUT2D eigenvalue weighted by atomic mass is 32.1. The molecule has 5 heteroatoms. The van der Waals surface area contributed by atoms with Crippen LogP contribution >= 0.6 is 11.3 Å². The molecule has 4 nitrogen and oxygen atoms in total. The number of fused-ring (bicyclic) bond motifs is 1. The predicted octanol–water partition coefficient (Wildman–Crippen LogP) is 1.82. The quantitative estimate of drug-likeness (QED) is 0.733. The summed E-state index contributed by atoms with van der Waals surface area (Å²) in [6.45, 7) is 1.00. The van der Waals surface area contributed by atoms with Crippen molar-refractivity contribution in [3.63, 3.8) is 0 Å². The lowest BCUT2D eigenvalue weighted by Gasteiger charge is -2.25. The van der Waals surface area contributed by atoms with E-state index in [4.69, 9.17) is 4.74 Å². The zero-order valence-corrected chi connectivity index (χ0v) is 11.5. The van der Waals surface area contributed by atoms with Crippen LogP contribution in [0.3, 0.4) is 0 Å². The Hall–Kier alpha value is -1.62. The first-order valence-corrected chi connectivity index (χ1v) is 7.10. The summed E-state index contributed by atoms with van der Waals surface area (Å²) in [5.74, 6) is 0.263. The van der Waals surface area contributed by atoms with Gasteiger partial charge in [0, 0.05) is 30.8 Å². The fraction of sp³-hybridized carbons (Fsp3) is 0.429. The van der Waals surface area contributed by atoms with E-state index in [1.807, 2.05) is 13.1 Å². The number of rotatable bonds is 1. The van der Waals surface area contributed by atoms with E-state index in [2.05, 4.69) is 4.90 Å². The van der Waals surface area contributed by atoms with Crippen LogP contribution in [0, 0.1) is 5.92 Å². The molecular weight excluding hydrogens is 262 g/mol. The van der Waals surface area contributed by atoms with Gasteiger partial charge in [-0.25, -0.2) is 4.79 Å². The molecule has 19 heavy (non-hydrogen) atoms. The smallest absolute Gasteiger partial charge is 0.348 e. The minimum Gasteiger partial charge on any atom is -0.465 e. The Balaban J connectivity index is 1.89. The SMILES string of the molecule is COC(=O)c1cc2c(s1)C(=O)C=C1N(C)CC3CC123. The second kappa shape index (κ2) is 3.28. The van der Waals surface area contributed by atoms with Crippen molar-refractivity contribution < 1.29 is 14.3 Å². The van der Waals surface area contributed by atoms with Crippen LogP contribution in [-0.2, 0) is 10.2 Å². The van der Waals surface area contributed by atoms with Gasteiger partial charge in [0.2, 0.25) is 0 Å². The highest BCUT2D eigenvalue weighted by Crippen LogP contribution is 2.66. The molecule has 2 aliphatic carbocycles. The fourth-order valence-electron chi connectivity index (χ4n) is 3.64. The summed E-state index contributed by atoms with van der Waals surface area (Å²) < 4.78 is 4.76. The molecule has 1 saturated heterocycles. The number of ether oxygens (including phenoxy) is 1. The summed E-state index contributed by atoms with van der Waals surface area (Å²) in [5.41, 5.74) is 2.19. The van der Waals surface area contributed by atoms with Crippen molar-refractivity contribution in [2.24, 2.45) is 5.92 Å². The first-order valence-electron chi connectivity index (χ1n) is 6.28. The van der Waals surface area contributed by atoms with Crippen LogP contribution in [0.25, 0.3) is 0 Å². The molecule has 0 amide bonds. The summed E-state index contributed by atoms with van der Waals surface area (Å²) in [5, 5.41) is 0. The van der Waals surface area contributed by atoms with Gasteiger partial charge in [0.15, 0.2) is 5.78 Å². The van der Waals surface area contributed by atoms with Crippen molar-refractivity contribution in [2.75, 3.05) is 20.7 Å². The molecule has 98 valence electrons. The van der Waals surface area contributed by atoms with E-state index >= 15 is 0 Å². The lowest BCUT2D eigenvalue weighted by atomic mass is 9.86. The molecule has 2 atom stereocenters. The van der Waals surface area contributed by atoms with E-state index in [1.54, 1.807) is 6.08 Å². The molecule has 2 unspecified atom stereocenters. The van der Waals surface area contributed by atoms with Crippen molar-refractivity contribution in [1.82, 2.24) is 4.90 Å². The van der Waals surface area contributed by atoms with Crippen LogP contribution in [0.2, 0.25) is 0 Å². The van der Waals surface area contributed by atoms with Crippen molar-refractivity contribution in [2.45, 2.75) is 11.8 Å². The Labute approximate surface area is 114 Å². The number of thiophene rings is 1. The molecule has 3 aliphatic rings. The third kappa shape index (κ3) is 1.19. The van der Waals surface area contributed by atoms with Gasteiger partial charge in [0.05, 0.1) is 12.0 Å². The Kier molecular flexibility index (Phi) is 1.94. The van der Waals surface area contributed by atoms with Gasteiger partial charge in [-0.3, -0.25) is 4.79 Å². The van der Waals surface area contributed by atoms with Crippen LogP contribution in [0.5, 0.6) is 0 Å². The van der Waals surface area contributed by atoms with Crippen LogP contribution in [0.15, 0.2) is 17.8 Å². The first-order chi connectivity index (χ1) is 9.07. The van der Waals surface area contributed by atoms with Crippen molar-refractivity contribution in [1.29, 1.82) is 0 Å². The first kappa shape index (κ1) is 11.2. The standard InChI is InChI=1S/C14H13NO3S/c1-15-6-7-5-14(7)8-3-10(13(17)18-2)19-12(8)9(16)4-11(14)15/h3-4,7H,5-6H2,1-2H3. The fourth-order valence-corrected chi connectivity index (χ4v) is 4.71. The second-order valence-electron chi connectivity index (χ2n) is 5.49. The van der Waals surface area contributed by atoms with Gasteiger partial charge >= 0.3 is 5.97 Å². The topological polar surface area (TPSA) is 46.6 Å². The highest BCUT2D eigenvalue weighted by molar-refractivity contribution is 7.16. The van der Waals surface area contributed by atoms with E-state index < -0.39 is 0 Å². The van der Waals surface area contributed by atoms with Crippen LogP contribution in [0.1, 0.15) is 31.3 Å². The maximum Gasteiger partial charge on any atom is 0.348 e. The number of carbonyl (C=O) groups is 2. The molecule has 1 saturated carbocycles. The van der Waals surface area contributed by atoms with Crippen molar-refractivity contribution >= 4 is 23.1 Å². The molecule has 2 fully saturated rings. The summed E-state index contributed by atoms with van der Waals surface area (Å²) in [6.07, 6.45) is 2.85. The van der Waals surface area contributed by atoms with Gasteiger partial charge in [0.1, 0.15) is 4.88 Å². The third-order valence-electron chi connectivity index (χ3n) is 4.56. The molecule has 0 N–H and O–H groups in total. The third-order valence-corrected chi connectivity index (χ3v) is 5.69. The summed E-state index contributed by atoms with van der Waals surface area (Å²) in [6, 6.07) is 1.87. The van der Waals surface area contributed by atoms with Crippen molar-refractivity contribution in [3.05, 3.63) is 33.2 Å². The van der Waals surface area contributed by atoms with E-state index in [9.17, 15) is 9.59 Å². The number of likely N-dealkylation sites (tertiary alicyclic amines) is 1. The number of ketones is 1. The highest BCUT2D eigenvalue weighted by Gasteiger charge is 2.66. The number of nitrogens with zero attached hydrogens (tertiary/aromatic N) is 1. The molecule has 0 aromatic carbocycles. The Morgan fingerprint density at radius 3 is 3.11 bits per heavy atom. The van der Waals surface area contributed by atoms with E-state index in [0.717, 1.165) is 29.1 Å². The maximum absolute atomic E-state index is 12.2. The average molecular weight is 275 g/mol. The van der Waals surface area contributed by atoms with Gasteiger partial charge in [0.25, 0.3) is 0 Å². The van der Waals surface area contributed by atoms with Crippen molar-refractivity contribution in [3.8, 4) is 0 Å². The minimum atomic E-state index is -0.353. The lowest BCUT2D eigenvalue weighted by Crippen LogP contribution is -2.25. The normalized spacial score (nSPS) is 30.4. The number of allylic oxidation sites excluding steroid dienone is 2. The number of esters is 1. The molecule has 1 aliphatic heterocycles. The maximum atomic E-state index is 12.2. The molecule has 4 rings (SSSR count). The summed E-state index contributed by atoms with van der Waals surface area (Å²) in [4.78, 5) is 27.3. The Morgan fingerprint density at radius 1 is 1.58 bits per heavy atom. The molecule has 1 aromatic heterocycles. The molecular formula is C14H13NO3S. The minimum absolute atomic E-state index is 0.0146. The molecule has 1 aromatic rings. The average Bonchev–Trinajstić information content (AvgIpc) is 2.80.